The average molecular weight is 213 g/mol. The van der Waals surface area contributed by atoms with E-state index in [-0.39, 0.29) is 5.54 Å². The topological polar surface area (TPSA) is 32.5 Å². The van der Waals surface area contributed by atoms with Gasteiger partial charge < -0.3 is 10.6 Å². The minimum absolute atomic E-state index is 0.0234. The van der Waals surface area contributed by atoms with E-state index < -0.39 is 0 Å². The summed E-state index contributed by atoms with van der Waals surface area (Å²) in [6.45, 7) is 11.2. The molecule has 3 nitrogen and oxygen atoms in total. The maximum Gasteiger partial charge on any atom is 0.0278 e. The predicted octanol–water partition coefficient (Wildman–Crippen LogP) is 1.14. The molecule has 0 spiro atoms. The number of piperazine rings is 1. The molecule has 0 aromatic rings. The lowest BCUT2D eigenvalue weighted by Crippen LogP contribution is -2.56. The van der Waals surface area contributed by atoms with Gasteiger partial charge in [-0.3, -0.25) is 4.90 Å². The van der Waals surface area contributed by atoms with E-state index in [1.807, 2.05) is 0 Å². The van der Waals surface area contributed by atoms with Crippen LogP contribution < -0.4 is 5.73 Å². The van der Waals surface area contributed by atoms with E-state index in [0.29, 0.717) is 6.04 Å². The second-order valence-electron chi connectivity index (χ2n) is 5.13. The summed E-state index contributed by atoms with van der Waals surface area (Å²) in [6, 6.07) is 0.664. The van der Waals surface area contributed by atoms with E-state index >= 15 is 0 Å². The van der Waals surface area contributed by atoms with Crippen LogP contribution in [0.5, 0.6) is 0 Å². The summed E-state index contributed by atoms with van der Waals surface area (Å²) in [4.78, 5) is 4.95. The van der Waals surface area contributed by atoms with Crippen molar-refractivity contribution in [3.05, 3.63) is 0 Å². The maximum absolute atomic E-state index is 6.35. The van der Waals surface area contributed by atoms with Crippen LogP contribution in [0.15, 0.2) is 0 Å². The van der Waals surface area contributed by atoms with Gasteiger partial charge in [-0.1, -0.05) is 13.8 Å². The number of hydrogen-bond acceptors (Lipinski definition) is 3. The summed E-state index contributed by atoms with van der Waals surface area (Å²) in [6.07, 6.45) is 2.15. The van der Waals surface area contributed by atoms with Crippen LogP contribution in [0.4, 0.5) is 0 Å². The molecule has 0 aromatic carbocycles. The number of nitrogens with zero attached hydrogens (tertiary/aromatic N) is 2. The molecule has 1 aliphatic rings. The van der Waals surface area contributed by atoms with Crippen molar-refractivity contribution < 1.29 is 0 Å². The molecule has 1 unspecified atom stereocenters. The summed E-state index contributed by atoms with van der Waals surface area (Å²) >= 11 is 0. The maximum atomic E-state index is 6.35. The molecular formula is C12H27N3. The lowest BCUT2D eigenvalue weighted by atomic mass is 9.93. The fraction of sp³-hybridized carbons (Fsp3) is 1.00. The van der Waals surface area contributed by atoms with Gasteiger partial charge in [0.2, 0.25) is 0 Å². The van der Waals surface area contributed by atoms with Gasteiger partial charge in [-0.2, -0.15) is 0 Å². The summed E-state index contributed by atoms with van der Waals surface area (Å²) in [5.74, 6) is 0. The van der Waals surface area contributed by atoms with Gasteiger partial charge in [0.25, 0.3) is 0 Å². The van der Waals surface area contributed by atoms with Crippen LogP contribution in [-0.4, -0.2) is 54.6 Å². The Bertz CT molecular complexity index is 189. The minimum atomic E-state index is 0.0234. The zero-order valence-electron chi connectivity index (χ0n) is 10.8. The first-order chi connectivity index (χ1) is 7.00. The molecule has 0 saturated carbocycles. The lowest BCUT2D eigenvalue weighted by Gasteiger charge is -2.41. The molecular weight excluding hydrogens is 186 g/mol. The van der Waals surface area contributed by atoms with Gasteiger partial charge in [-0.05, 0) is 26.8 Å². The molecule has 0 aromatic heterocycles. The van der Waals surface area contributed by atoms with E-state index in [2.05, 4.69) is 37.6 Å². The average Bonchev–Trinajstić information content (AvgIpc) is 2.23. The van der Waals surface area contributed by atoms with Crippen molar-refractivity contribution >= 4 is 0 Å². The van der Waals surface area contributed by atoms with E-state index in [9.17, 15) is 0 Å². The number of rotatable bonds is 4. The van der Waals surface area contributed by atoms with Crippen molar-refractivity contribution in [2.24, 2.45) is 5.73 Å². The quantitative estimate of drug-likeness (QED) is 0.760. The van der Waals surface area contributed by atoms with Crippen LogP contribution in [0.2, 0.25) is 0 Å². The van der Waals surface area contributed by atoms with Crippen LogP contribution in [0.1, 0.15) is 33.6 Å². The zero-order chi connectivity index (χ0) is 11.5. The van der Waals surface area contributed by atoms with E-state index in [1.54, 1.807) is 0 Å². The third-order valence-electron chi connectivity index (χ3n) is 3.99. The van der Waals surface area contributed by atoms with Crippen molar-refractivity contribution in [2.75, 3.05) is 33.2 Å². The summed E-state index contributed by atoms with van der Waals surface area (Å²) in [5, 5.41) is 0. The van der Waals surface area contributed by atoms with Crippen molar-refractivity contribution in [3.8, 4) is 0 Å². The number of hydrogen-bond donors (Lipinski definition) is 1. The lowest BCUT2D eigenvalue weighted by molar-refractivity contribution is 0.0840. The first kappa shape index (κ1) is 12.9. The first-order valence-electron chi connectivity index (χ1n) is 6.22. The predicted molar refractivity (Wildman–Crippen MR) is 66.0 cm³/mol. The highest BCUT2D eigenvalue weighted by molar-refractivity contribution is 4.88. The normalized spacial score (nSPS) is 25.8. The highest BCUT2D eigenvalue weighted by Crippen LogP contribution is 2.16. The Morgan fingerprint density at radius 3 is 2.33 bits per heavy atom. The Morgan fingerprint density at radius 1 is 1.27 bits per heavy atom. The van der Waals surface area contributed by atoms with E-state index in [0.717, 1.165) is 25.9 Å². The van der Waals surface area contributed by atoms with Crippen molar-refractivity contribution in [1.82, 2.24) is 9.80 Å². The Morgan fingerprint density at radius 2 is 1.87 bits per heavy atom. The molecule has 0 bridgehead atoms. The van der Waals surface area contributed by atoms with Gasteiger partial charge >= 0.3 is 0 Å². The van der Waals surface area contributed by atoms with Gasteiger partial charge in [0, 0.05) is 37.8 Å². The van der Waals surface area contributed by atoms with E-state index in [4.69, 9.17) is 5.73 Å². The Balaban J connectivity index is 2.45. The minimum Gasteiger partial charge on any atom is -0.324 e. The van der Waals surface area contributed by atoms with Crippen molar-refractivity contribution in [2.45, 2.75) is 45.2 Å². The SMILES string of the molecule is CCC(N)(CC)CN1CCN(C)C(C)C1. The fourth-order valence-electron chi connectivity index (χ4n) is 2.19. The smallest absolute Gasteiger partial charge is 0.0278 e. The third kappa shape index (κ3) is 3.44. The number of likely N-dealkylation sites (N-methyl/N-ethyl adjacent to an activating group) is 1. The molecule has 0 aliphatic carbocycles. The molecule has 2 N–H and O–H groups in total. The van der Waals surface area contributed by atoms with Crippen LogP contribution in [0.3, 0.4) is 0 Å². The molecule has 1 fully saturated rings. The van der Waals surface area contributed by atoms with Crippen LogP contribution in [0.25, 0.3) is 0 Å². The van der Waals surface area contributed by atoms with Crippen molar-refractivity contribution in [1.29, 1.82) is 0 Å². The molecule has 1 aliphatic heterocycles. The Labute approximate surface area is 94.6 Å². The molecule has 90 valence electrons. The first-order valence-corrected chi connectivity index (χ1v) is 6.22. The van der Waals surface area contributed by atoms with Gasteiger partial charge in [0.05, 0.1) is 0 Å². The standard InChI is InChI=1S/C12H27N3/c1-5-12(13,6-2)10-15-8-7-14(4)11(3)9-15/h11H,5-10,13H2,1-4H3. The third-order valence-corrected chi connectivity index (χ3v) is 3.99. The van der Waals surface area contributed by atoms with Gasteiger partial charge in [0.15, 0.2) is 0 Å². The Kier molecular flexibility index (Phi) is 4.56. The summed E-state index contributed by atoms with van der Waals surface area (Å²) in [7, 11) is 2.21. The second kappa shape index (κ2) is 5.28. The van der Waals surface area contributed by atoms with E-state index in [1.165, 1.54) is 13.1 Å². The number of nitrogens with two attached hydrogens (primary N) is 1. The molecule has 3 heteroatoms. The molecule has 0 amide bonds. The second-order valence-corrected chi connectivity index (χ2v) is 5.13. The summed E-state index contributed by atoms with van der Waals surface area (Å²) < 4.78 is 0. The van der Waals surface area contributed by atoms with Crippen LogP contribution in [-0.2, 0) is 0 Å². The Hall–Kier alpha value is -0.120. The van der Waals surface area contributed by atoms with Crippen LogP contribution in [0, 0.1) is 0 Å². The molecule has 1 atom stereocenters. The molecule has 0 radical (unpaired) electrons. The van der Waals surface area contributed by atoms with Crippen molar-refractivity contribution in [3.63, 3.8) is 0 Å². The zero-order valence-corrected chi connectivity index (χ0v) is 10.8. The molecule has 1 rings (SSSR count). The van der Waals surface area contributed by atoms with Gasteiger partial charge in [0.1, 0.15) is 0 Å². The van der Waals surface area contributed by atoms with Gasteiger partial charge in [-0.15, -0.1) is 0 Å². The highest BCUT2D eigenvalue weighted by Gasteiger charge is 2.27. The van der Waals surface area contributed by atoms with Crippen LogP contribution >= 0.6 is 0 Å². The fourth-order valence-corrected chi connectivity index (χ4v) is 2.19. The largest absolute Gasteiger partial charge is 0.324 e. The monoisotopic (exact) mass is 213 g/mol. The highest BCUT2D eigenvalue weighted by atomic mass is 15.3. The summed E-state index contributed by atoms with van der Waals surface area (Å²) in [5.41, 5.74) is 6.38. The van der Waals surface area contributed by atoms with Gasteiger partial charge in [-0.25, -0.2) is 0 Å². The molecule has 15 heavy (non-hydrogen) atoms. The molecule has 1 saturated heterocycles. The molecule has 1 heterocycles.